The zero-order valence-electron chi connectivity index (χ0n) is 18.9. The van der Waals surface area contributed by atoms with Gasteiger partial charge in [0.15, 0.2) is 0 Å². The number of nitrogens with zero attached hydrogens (tertiary/aromatic N) is 1. The van der Waals surface area contributed by atoms with Crippen LogP contribution in [0.25, 0.3) is 0 Å². The second kappa shape index (κ2) is 9.09. The zero-order valence-corrected chi connectivity index (χ0v) is 20.5. The first kappa shape index (κ1) is 22.4. The topological polar surface area (TPSA) is 49.4 Å². The summed E-state index contributed by atoms with van der Waals surface area (Å²) in [7, 11) is 0. The van der Waals surface area contributed by atoms with E-state index in [1.165, 1.54) is 4.88 Å². The molecule has 2 amide bonds. The smallest absolute Gasteiger partial charge is 0.260 e. The lowest BCUT2D eigenvalue weighted by Gasteiger charge is -2.24. The predicted molar refractivity (Wildman–Crippen MR) is 139 cm³/mol. The van der Waals surface area contributed by atoms with E-state index in [1.807, 2.05) is 44.2 Å². The fourth-order valence-electron chi connectivity index (χ4n) is 4.30. The SMILES string of the molecule is Cc1cccc(C(=O)Nc2ccc(C(=O)N3Cc4ccsc4Cc4ccccc43)c(Cl)c2)c1C. The third kappa shape index (κ3) is 4.13. The first-order valence-corrected chi connectivity index (χ1v) is 12.3. The van der Waals surface area contributed by atoms with E-state index in [9.17, 15) is 9.59 Å². The number of nitrogens with one attached hydrogen (secondary N) is 1. The highest BCUT2D eigenvalue weighted by Crippen LogP contribution is 2.35. The molecule has 0 spiro atoms. The van der Waals surface area contributed by atoms with Gasteiger partial charge >= 0.3 is 0 Å². The predicted octanol–water partition coefficient (Wildman–Crippen LogP) is 7.02. The molecule has 0 saturated carbocycles. The molecule has 170 valence electrons. The van der Waals surface area contributed by atoms with Crippen LogP contribution in [0, 0.1) is 13.8 Å². The van der Waals surface area contributed by atoms with Crippen molar-refractivity contribution in [1.82, 2.24) is 0 Å². The molecule has 1 aliphatic heterocycles. The third-order valence-electron chi connectivity index (χ3n) is 6.35. The van der Waals surface area contributed by atoms with Crippen LogP contribution < -0.4 is 10.2 Å². The number of anilines is 2. The summed E-state index contributed by atoms with van der Waals surface area (Å²) < 4.78 is 0. The number of aryl methyl sites for hydroxylation is 1. The number of amides is 2. The van der Waals surface area contributed by atoms with Gasteiger partial charge in [-0.1, -0.05) is 41.9 Å². The lowest BCUT2D eigenvalue weighted by atomic mass is 10.0. The number of halogens is 1. The molecular weight excluding hydrogens is 464 g/mol. The fraction of sp³-hybridized carbons (Fsp3) is 0.143. The highest BCUT2D eigenvalue weighted by atomic mass is 35.5. The van der Waals surface area contributed by atoms with E-state index in [1.54, 1.807) is 40.5 Å². The van der Waals surface area contributed by atoms with Crippen LogP contribution in [0.5, 0.6) is 0 Å². The number of carbonyl (C=O) groups excluding carboxylic acids is 2. The van der Waals surface area contributed by atoms with Gasteiger partial charge in [0.1, 0.15) is 0 Å². The van der Waals surface area contributed by atoms with E-state index in [4.69, 9.17) is 11.6 Å². The molecule has 0 radical (unpaired) electrons. The summed E-state index contributed by atoms with van der Waals surface area (Å²) in [6, 6.07) is 20.8. The summed E-state index contributed by atoms with van der Waals surface area (Å²) in [6.07, 6.45) is 0.810. The number of rotatable bonds is 3. The van der Waals surface area contributed by atoms with Crippen molar-refractivity contribution in [3.8, 4) is 0 Å². The van der Waals surface area contributed by atoms with Gasteiger partial charge < -0.3 is 10.2 Å². The summed E-state index contributed by atoms with van der Waals surface area (Å²) in [6.45, 7) is 4.40. The molecule has 5 rings (SSSR count). The van der Waals surface area contributed by atoms with Gasteiger partial charge in [0.05, 0.1) is 17.1 Å². The molecule has 0 atom stereocenters. The lowest BCUT2D eigenvalue weighted by Crippen LogP contribution is -2.30. The number of hydrogen-bond donors (Lipinski definition) is 1. The van der Waals surface area contributed by atoms with Crippen LogP contribution >= 0.6 is 22.9 Å². The molecule has 2 heterocycles. The number of carbonyl (C=O) groups is 2. The Morgan fingerprint density at radius 2 is 1.76 bits per heavy atom. The van der Waals surface area contributed by atoms with Crippen molar-refractivity contribution in [3.63, 3.8) is 0 Å². The molecule has 1 N–H and O–H groups in total. The normalized spacial score (nSPS) is 12.5. The van der Waals surface area contributed by atoms with Gasteiger partial charge in [0.25, 0.3) is 11.8 Å². The average Bonchev–Trinajstić information content (AvgIpc) is 3.19. The van der Waals surface area contributed by atoms with Gasteiger partial charge in [-0.3, -0.25) is 9.59 Å². The molecule has 4 aromatic rings. The molecule has 1 aliphatic rings. The summed E-state index contributed by atoms with van der Waals surface area (Å²) in [4.78, 5) is 29.5. The lowest BCUT2D eigenvalue weighted by molar-refractivity contribution is 0.0984. The second-order valence-corrected chi connectivity index (χ2v) is 9.87. The van der Waals surface area contributed by atoms with Crippen LogP contribution in [0.15, 0.2) is 72.1 Å². The Morgan fingerprint density at radius 3 is 2.59 bits per heavy atom. The molecule has 6 heteroatoms. The van der Waals surface area contributed by atoms with Crippen molar-refractivity contribution < 1.29 is 9.59 Å². The van der Waals surface area contributed by atoms with Gasteiger partial charge in [-0.2, -0.15) is 0 Å². The Bertz CT molecular complexity index is 1430. The Hall–Kier alpha value is -3.41. The van der Waals surface area contributed by atoms with Gasteiger partial charge in [0, 0.05) is 28.2 Å². The Kier molecular flexibility index (Phi) is 5.98. The molecule has 0 fully saturated rings. The maximum absolute atomic E-state index is 13.7. The molecule has 3 aromatic carbocycles. The minimum atomic E-state index is -0.206. The second-order valence-electron chi connectivity index (χ2n) is 8.46. The maximum atomic E-state index is 13.7. The van der Waals surface area contributed by atoms with Crippen molar-refractivity contribution in [2.45, 2.75) is 26.8 Å². The van der Waals surface area contributed by atoms with Crippen LogP contribution in [0.3, 0.4) is 0 Å². The Balaban J connectivity index is 1.43. The average molecular weight is 487 g/mol. The van der Waals surface area contributed by atoms with Gasteiger partial charge in [-0.25, -0.2) is 0 Å². The highest BCUT2D eigenvalue weighted by Gasteiger charge is 2.27. The molecule has 0 unspecified atom stereocenters. The van der Waals surface area contributed by atoms with E-state index in [-0.39, 0.29) is 11.8 Å². The van der Waals surface area contributed by atoms with Crippen LogP contribution in [-0.2, 0) is 13.0 Å². The fourth-order valence-corrected chi connectivity index (χ4v) is 5.48. The summed E-state index contributed by atoms with van der Waals surface area (Å²) in [5, 5.41) is 5.27. The Labute approximate surface area is 207 Å². The molecule has 34 heavy (non-hydrogen) atoms. The third-order valence-corrected chi connectivity index (χ3v) is 7.63. The zero-order chi connectivity index (χ0) is 23.8. The molecule has 1 aromatic heterocycles. The van der Waals surface area contributed by atoms with Crippen LogP contribution in [0.2, 0.25) is 5.02 Å². The minimum absolute atomic E-state index is 0.163. The highest BCUT2D eigenvalue weighted by molar-refractivity contribution is 7.10. The van der Waals surface area contributed by atoms with E-state index in [0.29, 0.717) is 28.4 Å². The van der Waals surface area contributed by atoms with E-state index < -0.39 is 0 Å². The van der Waals surface area contributed by atoms with E-state index in [2.05, 4.69) is 22.8 Å². The quantitative estimate of drug-likeness (QED) is 0.338. The van der Waals surface area contributed by atoms with E-state index >= 15 is 0 Å². The van der Waals surface area contributed by atoms with Crippen LogP contribution in [-0.4, -0.2) is 11.8 Å². The molecule has 4 nitrogen and oxygen atoms in total. The van der Waals surface area contributed by atoms with Crippen molar-refractivity contribution >= 4 is 46.1 Å². The van der Waals surface area contributed by atoms with Crippen molar-refractivity contribution in [3.05, 3.63) is 115 Å². The minimum Gasteiger partial charge on any atom is -0.322 e. The number of fused-ring (bicyclic) bond motifs is 2. The van der Waals surface area contributed by atoms with Crippen LogP contribution in [0.1, 0.15) is 47.8 Å². The molecule has 0 aliphatic carbocycles. The summed E-state index contributed by atoms with van der Waals surface area (Å²) >= 11 is 8.30. The summed E-state index contributed by atoms with van der Waals surface area (Å²) in [5.74, 6) is -0.369. The van der Waals surface area contributed by atoms with Gasteiger partial charge in [-0.05, 0) is 77.9 Å². The molecule has 0 saturated heterocycles. The largest absolute Gasteiger partial charge is 0.322 e. The first-order valence-electron chi connectivity index (χ1n) is 11.0. The van der Waals surface area contributed by atoms with Crippen LogP contribution in [0.4, 0.5) is 11.4 Å². The first-order chi connectivity index (χ1) is 16.4. The van der Waals surface area contributed by atoms with E-state index in [0.717, 1.165) is 34.4 Å². The van der Waals surface area contributed by atoms with Gasteiger partial charge in [0.2, 0.25) is 0 Å². The molecular formula is C28H23ClN2O2S. The van der Waals surface area contributed by atoms with Crippen molar-refractivity contribution in [2.75, 3.05) is 10.2 Å². The van der Waals surface area contributed by atoms with Crippen molar-refractivity contribution in [2.24, 2.45) is 0 Å². The standard InChI is InChI=1S/C28H23ClN2O2S/c1-17-6-5-8-22(18(17)2)27(32)30-21-10-11-23(24(29)15-21)28(33)31-16-20-12-13-34-26(20)14-19-7-3-4-9-25(19)31/h3-13,15H,14,16H2,1-2H3,(H,30,32). The van der Waals surface area contributed by atoms with Crippen molar-refractivity contribution in [1.29, 1.82) is 0 Å². The molecule has 0 bridgehead atoms. The Morgan fingerprint density at radius 1 is 0.941 bits per heavy atom. The number of hydrogen-bond acceptors (Lipinski definition) is 3. The maximum Gasteiger partial charge on any atom is 0.260 e. The monoisotopic (exact) mass is 486 g/mol. The number of thiophene rings is 1. The number of para-hydroxylation sites is 1. The van der Waals surface area contributed by atoms with Gasteiger partial charge in [-0.15, -0.1) is 11.3 Å². The summed E-state index contributed by atoms with van der Waals surface area (Å²) in [5.41, 5.74) is 6.73. The number of benzene rings is 3.